The lowest BCUT2D eigenvalue weighted by molar-refractivity contribution is 0.130. The molecule has 0 bridgehead atoms. The monoisotopic (exact) mass is 281 g/mol. The van der Waals surface area contributed by atoms with Gasteiger partial charge in [-0.3, -0.25) is 0 Å². The van der Waals surface area contributed by atoms with Crippen molar-refractivity contribution >= 4 is 0 Å². The fourth-order valence-electron chi connectivity index (χ4n) is 2.53. The SMILES string of the molecule is CC1=C(CCO)NC(c2ccc(-c3ccccc3)cc2)O1. The lowest BCUT2D eigenvalue weighted by Gasteiger charge is -2.14. The van der Waals surface area contributed by atoms with Crippen LogP contribution in [-0.4, -0.2) is 11.7 Å². The van der Waals surface area contributed by atoms with Gasteiger partial charge in [-0.1, -0.05) is 54.6 Å². The molecule has 0 spiro atoms. The smallest absolute Gasteiger partial charge is 0.195 e. The Balaban J connectivity index is 1.74. The number of aliphatic hydroxyl groups is 1. The summed E-state index contributed by atoms with van der Waals surface area (Å²) in [5, 5.41) is 12.3. The molecule has 1 unspecified atom stereocenters. The van der Waals surface area contributed by atoms with E-state index in [4.69, 9.17) is 9.84 Å². The van der Waals surface area contributed by atoms with Crippen LogP contribution >= 0.6 is 0 Å². The Bertz CT molecular complexity index is 632. The summed E-state index contributed by atoms with van der Waals surface area (Å²) in [6.45, 7) is 2.05. The van der Waals surface area contributed by atoms with Gasteiger partial charge < -0.3 is 15.2 Å². The van der Waals surface area contributed by atoms with Gasteiger partial charge in [0.2, 0.25) is 0 Å². The minimum atomic E-state index is -0.156. The highest BCUT2D eigenvalue weighted by molar-refractivity contribution is 5.63. The molecule has 0 aliphatic carbocycles. The lowest BCUT2D eigenvalue weighted by Crippen LogP contribution is -2.16. The minimum Gasteiger partial charge on any atom is -0.469 e. The standard InChI is InChI=1S/C18H19NO2/c1-13-17(11-12-20)19-18(21-13)16-9-7-15(8-10-16)14-5-3-2-4-6-14/h2-10,18-20H,11-12H2,1H3. The molecule has 108 valence electrons. The van der Waals surface area contributed by atoms with E-state index in [1.165, 1.54) is 11.1 Å². The number of nitrogens with one attached hydrogen (secondary N) is 1. The summed E-state index contributed by atoms with van der Waals surface area (Å²) < 4.78 is 5.82. The van der Waals surface area contributed by atoms with Crippen LogP contribution in [0.25, 0.3) is 11.1 Å². The van der Waals surface area contributed by atoms with Crippen molar-refractivity contribution in [2.75, 3.05) is 6.61 Å². The molecule has 0 aromatic heterocycles. The van der Waals surface area contributed by atoms with E-state index in [9.17, 15) is 0 Å². The zero-order chi connectivity index (χ0) is 14.7. The van der Waals surface area contributed by atoms with Crippen LogP contribution < -0.4 is 5.32 Å². The Labute approximate surface area is 124 Å². The molecule has 0 fully saturated rings. The van der Waals surface area contributed by atoms with Gasteiger partial charge in [0.1, 0.15) is 5.76 Å². The summed E-state index contributed by atoms with van der Waals surface area (Å²) in [6, 6.07) is 18.7. The van der Waals surface area contributed by atoms with Gasteiger partial charge in [0, 0.05) is 18.6 Å². The Morgan fingerprint density at radius 3 is 2.33 bits per heavy atom. The number of allylic oxidation sites excluding steroid dienone is 1. The van der Waals surface area contributed by atoms with Crippen LogP contribution in [0, 0.1) is 0 Å². The summed E-state index contributed by atoms with van der Waals surface area (Å²) in [6.07, 6.45) is 0.445. The van der Waals surface area contributed by atoms with E-state index in [2.05, 4.69) is 41.7 Å². The molecule has 0 radical (unpaired) electrons. The van der Waals surface area contributed by atoms with Crippen LogP contribution in [0.1, 0.15) is 25.1 Å². The van der Waals surface area contributed by atoms with E-state index >= 15 is 0 Å². The maximum absolute atomic E-state index is 9.03. The number of ether oxygens (including phenoxy) is 1. The Morgan fingerprint density at radius 2 is 1.67 bits per heavy atom. The number of benzene rings is 2. The maximum Gasteiger partial charge on any atom is 0.195 e. The van der Waals surface area contributed by atoms with Crippen molar-refractivity contribution < 1.29 is 9.84 Å². The zero-order valence-electron chi connectivity index (χ0n) is 12.0. The highest BCUT2D eigenvalue weighted by Gasteiger charge is 2.22. The van der Waals surface area contributed by atoms with Crippen molar-refractivity contribution in [3.63, 3.8) is 0 Å². The first-order chi connectivity index (χ1) is 10.3. The van der Waals surface area contributed by atoms with E-state index < -0.39 is 0 Å². The van der Waals surface area contributed by atoms with Crippen LogP contribution in [0.4, 0.5) is 0 Å². The summed E-state index contributed by atoms with van der Waals surface area (Å²) >= 11 is 0. The predicted octanol–water partition coefficient (Wildman–Crippen LogP) is 3.59. The average molecular weight is 281 g/mol. The van der Waals surface area contributed by atoms with Crippen molar-refractivity contribution in [1.29, 1.82) is 0 Å². The molecule has 3 heteroatoms. The number of aliphatic hydroxyl groups excluding tert-OH is 1. The van der Waals surface area contributed by atoms with Crippen LogP contribution in [0.15, 0.2) is 66.1 Å². The van der Waals surface area contributed by atoms with Crippen LogP contribution in [-0.2, 0) is 4.74 Å². The highest BCUT2D eigenvalue weighted by atomic mass is 16.5. The van der Waals surface area contributed by atoms with E-state index in [-0.39, 0.29) is 12.8 Å². The van der Waals surface area contributed by atoms with E-state index in [0.717, 1.165) is 17.0 Å². The molecule has 21 heavy (non-hydrogen) atoms. The molecule has 0 saturated carbocycles. The van der Waals surface area contributed by atoms with Gasteiger partial charge in [-0.25, -0.2) is 0 Å². The molecule has 1 heterocycles. The second-order valence-corrected chi connectivity index (χ2v) is 5.14. The first kappa shape index (κ1) is 13.7. The predicted molar refractivity (Wildman–Crippen MR) is 83.2 cm³/mol. The van der Waals surface area contributed by atoms with Gasteiger partial charge in [-0.05, 0) is 18.1 Å². The molecule has 1 aliphatic heterocycles. The van der Waals surface area contributed by atoms with Crippen molar-refractivity contribution in [2.45, 2.75) is 19.6 Å². The molecule has 2 aromatic rings. The number of hydrogen-bond donors (Lipinski definition) is 2. The third kappa shape index (κ3) is 2.93. The molecule has 1 aliphatic rings. The van der Waals surface area contributed by atoms with Gasteiger partial charge >= 0.3 is 0 Å². The van der Waals surface area contributed by atoms with Crippen molar-refractivity contribution in [2.24, 2.45) is 0 Å². The minimum absolute atomic E-state index is 0.128. The van der Waals surface area contributed by atoms with Crippen molar-refractivity contribution in [3.05, 3.63) is 71.6 Å². The maximum atomic E-state index is 9.03. The van der Waals surface area contributed by atoms with Crippen LogP contribution in [0.2, 0.25) is 0 Å². The fraction of sp³-hybridized carbons (Fsp3) is 0.222. The molecular weight excluding hydrogens is 262 g/mol. The summed E-state index contributed by atoms with van der Waals surface area (Å²) in [7, 11) is 0. The molecule has 0 amide bonds. The third-order valence-electron chi connectivity index (χ3n) is 3.71. The van der Waals surface area contributed by atoms with E-state index in [0.29, 0.717) is 6.42 Å². The first-order valence-electron chi connectivity index (χ1n) is 7.17. The zero-order valence-corrected chi connectivity index (χ0v) is 12.0. The van der Waals surface area contributed by atoms with Gasteiger partial charge in [0.05, 0.1) is 5.70 Å². The topological polar surface area (TPSA) is 41.5 Å². The first-order valence-corrected chi connectivity index (χ1v) is 7.17. The van der Waals surface area contributed by atoms with Crippen LogP contribution in [0.5, 0.6) is 0 Å². The second kappa shape index (κ2) is 6.02. The van der Waals surface area contributed by atoms with E-state index in [1.807, 2.05) is 25.1 Å². The molecule has 0 saturated heterocycles. The Morgan fingerprint density at radius 1 is 1.00 bits per heavy atom. The van der Waals surface area contributed by atoms with Gasteiger partial charge in [0.15, 0.2) is 6.23 Å². The van der Waals surface area contributed by atoms with Gasteiger partial charge in [-0.15, -0.1) is 0 Å². The van der Waals surface area contributed by atoms with Gasteiger partial charge in [0.25, 0.3) is 0 Å². The van der Waals surface area contributed by atoms with Crippen LogP contribution in [0.3, 0.4) is 0 Å². The third-order valence-corrected chi connectivity index (χ3v) is 3.71. The Hall–Kier alpha value is -2.26. The summed E-state index contributed by atoms with van der Waals surface area (Å²) in [4.78, 5) is 0. The number of hydrogen-bond acceptors (Lipinski definition) is 3. The second-order valence-electron chi connectivity index (χ2n) is 5.14. The molecule has 2 N–H and O–H groups in total. The summed E-state index contributed by atoms with van der Waals surface area (Å²) in [5.74, 6) is 0.862. The largest absolute Gasteiger partial charge is 0.469 e. The molecule has 3 nitrogen and oxygen atoms in total. The van der Waals surface area contributed by atoms with Gasteiger partial charge in [-0.2, -0.15) is 0 Å². The summed E-state index contributed by atoms with van der Waals surface area (Å²) in [5.41, 5.74) is 4.47. The normalized spacial score (nSPS) is 17.5. The molecule has 1 atom stereocenters. The molecule has 2 aromatic carbocycles. The average Bonchev–Trinajstić information content (AvgIpc) is 2.90. The van der Waals surface area contributed by atoms with Crippen molar-refractivity contribution in [3.8, 4) is 11.1 Å². The fourth-order valence-corrected chi connectivity index (χ4v) is 2.53. The molecule has 3 rings (SSSR count). The van der Waals surface area contributed by atoms with Crippen molar-refractivity contribution in [1.82, 2.24) is 5.32 Å². The quantitative estimate of drug-likeness (QED) is 0.900. The lowest BCUT2D eigenvalue weighted by atomic mass is 10.0. The Kier molecular flexibility index (Phi) is 3.93. The molecular formula is C18H19NO2. The number of rotatable bonds is 4. The van der Waals surface area contributed by atoms with E-state index in [1.54, 1.807) is 0 Å². The highest BCUT2D eigenvalue weighted by Crippen LogP contribution is 2.29.